The molecule has 12 heteroatoms. The zero-order valence-corrected chi connectivity index (χ0v) is 28.5. The fourth-order valence-corrected chi connectivity index (χ4v) is 6.62. The Morgan fingerprint density at radius 1 is 1.07 bits per heavy atom. The van der Waals surface area contributed by atoms with Crippen molar-refractivity contribution in [2.75, 3.05) is 34.4 Å². The second kappa shape index (κ2) is 16.7. The average molecular weight is 646 g/mol. The van der Waals surface area contributed by atoms with Crippen LogP contribution in [0.4, 0.5) is 0 Å². The van der Waals surface area contributed by atoms with Crippen molar-refractivity contribution in [1.29, 1.82) is 0 Å². The predicted octanol–water partition coefficient (Wildman–Crippen LogP) is 1.75. The first-order valence-electron chi connectivity index (χ1n) is 16.4. The number of hydrogen-bond acceptors (Lipinski definition) is 8. The van der Waals surface area contributed by atoms with Crippen LogP contribution >= 0.6 is 0 Å². The number of likely N-dealkylation sites (tertiary alicyclic amines) is 1. The molecule has 2 fully saturated rings. The Balaban J connectivity index is 1.68. The van der Waals surface area contributed by atoms with Crippen molar-refractivity contribution in [2.45, 2.75) is 108 Å². The highest BCUT2D eigenvalue weighted by Crippen LogP contribution is 2.36. The van der Waals surface area contributed by atoms with Gasteiger partial charge in [-0.2, -0.15) is 0 Å². The highest BCUT2D eigenvalue weighted by molar-refractivity contribution is 5.89. The quantitative estimate of drug-likeness (QED) is 0.211. The number of nitrogens with two attached hydrogens (primary N) is 1. The first-order valence-corrected chi connectivity index (χ1v) is 16.4. The summed E-state index contributed by atoms with van der Waals surface area (Å²) in [7, 11) is 4.79. The Morgan fingerprint density at radius 3 is 2.26 bits per heavy atom. The number of aliphatic hydroxyl groups excluding tert-OH is 1. The Labute approximate surface area is 273 Å². The van der Waals surface area contributed by atoms with E-state index in [0.717, 1.165) is 25.7 Å². The summed E-state index contributed by atoms with van der Waals surface area (Å²) in [5.41, 5.74) is 5.46. The molecule has 7 atom stereocenters. The van der Waals surface area contributed by atoms with Crippen molar-refractivity contribution >= 4 is 23.6 Å². The lowest BCUT2D eigenvalue weighted by Crippen LogP contribution is -2.57. The summed E-state index contributed by atoms with van der Waals surface area (Å²) in [5, 5.41) is 16.3. The molecule has 7 unspecified atom stereocenters. The van der Waals surface area contributed by atoms with Crippen LogP contribution in [-0.4, -0.2) is 109 Å². The van der Waals surface area contributed by atoms with E-state index in [4.69, 9.17) is 15.2 Å². The van der Waals surface area contributed by atoms with Crippen molar-refractivity contribution in [1.82, 2.24) is 20.4 Å². The maximum Gasteiger partial charge on any atom is 0.242 e. The van der Waals surface area contributed by atoms with Gasteiger partial charge in [0.05, 0.1) is 60.9 Å². The van der Waals surface area contributed by atoms with Gasteiger partial charge >= 0.3 is 0 Å². The molecule has 1 aliphatic heterocycles. The second-order valence-corrected chi connectivity index (χ2v) is 13.5. The van der Waals surface area contributed by atoms with Gasteiger partial charge in [-0.15, -0.1) is 0 Å². The first-order chi connectivity index (χ1) is 21.7. The van der Waals surface area contributed by atoms with Crippen LogP contribution in [0.5, 0.6) is 0 Å². The van der Waals surface area contributed by atoms with E-state index in [-0.39, 0.29) is 48.7 Å². The highest BCUT2D eigenvalue weighted by atomic mass is 16.5. The molecular weight excluding hydrogens is 590 g/mol. The molecule has 0 spiro atoms. The average Bonchev–Trinajstić information content (AvgIpc) is 3.49. The number of aliphatic hydroxyl groups is 1. The topological polar surface area (TPSA) is 164 Å². The van der Waals surface area contributed by atoms with Crippen LogP contribution in [0, 0.1) is 11.8 Å². The third kappa shape index (κ3) is 9.27. The third-order valence-electron chi connectivity index (χ3n) is 9.68. The van der Waals surface area contributed by atoms with Crippen LogP contribution in [0.1, 0.15) is 77.9 Å². The summed E-state index contributed by atoms with van der Waals surface area (Å²) in [6, 6.07) is 7.97. The largest absolute Gasteiger partial charge is 0.386 e. The highest BCUT2D eigenvalue weighted by Gasteiger charge is 2.43. The van der Waals surface area contributed by atoms with E-state index >= 15 is 0 Å². The number of nitrogens with one attached hydrogen (secondary N) is 2. The summed E-state index contributed by atoms with van der Waals surface area (Å²) < 4.78 is 11.8. The lowest BCUT2D eigenvalue weighted by atomic mass is 9.76. The van der Waals surface area contributed by atoms with Gasteiger partial charge in [-0.3, -0.25) is 19.2 Å². The summed E-state index contributed by atoms with van der Waals surface area (Å²) in [5.74, 6) is -1.52. The number of methoxy groups -OCH3 is 2. The van der Waals surface area contributed by atoms with E-state index in [1.807, 2.05) is 30.3 Å². The van der Waals surface area contributed by atoms with Crippen LogP contribution in [0.2, 0.25) is 0 Å². The van der Waals surface area contributed by atoms with E-state index < -0.39 is 41.7 Å². The van der Waals surface area contributed by atoms with Gasteiger partial charge in [0.15, 0.2) is 0 Å². The molecule has 2 aliphatic rings. The lowest BCUT2D eigenvalue weighted by molar-refractivity contribution is -0.147. The molecule has 1 heterocycles. The maximum absolute atomic E-state index is 13.9. The van der Waals surface area contributed by atoms with Crippen molar-refractivity contribution in [3.05, 3.63) is 35.9 Å². The standard InChI is InChI=1S/C34H55N5O7/c1-21(32(43)37-22(2)30(42)24-13-9-8-10-14-24)31(46-7)25-17-12-18-39(25)27(40)19-26(45-6)29(23-15-11-16-23)38(5)28(41)20-36-33(44)34(3,4)35/h8-10,13-14,21-23,25-26,29-31,42H,11-12,15-20,35H2,1-7H3,(H,36,44)(H,37,43). The number of hydrogen-bond donors (Lipinski definition) is 4. The summed E-state index contributed by atoms with van der Waals surface area (Å²) >= 11 is 0. The number of carbonyl (C=O) groups is 4. The minimum atomic E-state index is -1.11. The SMILES string of the molecule is COC(CC(=O)N1CCCC1C(OC)C(C)C(=O)NC(C)C(O)c1ccccc1)C(C1CCC1)N(C)C(=O)CNC(=O)C(C)(C)N. The van der Waals surface area contributed by atoms with Crippen LogP contribution in [0.3, 0.4) is 0 Å². The molecule has 1 aliphatic carbocycles. The van der Waals surface area contributed by atoms with Crippen molar-refractivity contribution < 1.29 is 33.8 Å². The molecule has 3 rings (SSSR count). The fraction of sp³-hybridized carbons (Fsp3) is 0.706. The number of ether oxygens (including phenoxy) is 2. The zero-order chi connectivity index (χ0) is 34.2. The predicted molar refractivity (Wildman–Crippen MR) is 174 cm³/mol. The van der Waals surface area contributed by atoms with Crippen molar-refractivity contribution in [3.63, 3.8) is 0 Å². The molecule has 258 valence electrons. The normalized spacial score (nSPS) is 20.9. The smallest absolute Gasteiger partial charge is 0.242 e. The molecule has 0 bridgehead atoms. The monoisotopic (exact) mass is 645 g/mol. The van der Waals surface area contributed by atoms with E-state index in [1.54, 1.807) is 58.8 Å². The molecule has 1 aromatic rings. The van der Waals surface area contributed by atoms with Crippen LogP contribution in [0.25, 0.3) is 0 Å². The molecule has 5 N–H and O–H groups in total. The molecule has 46 heavy (non-hydrogen) atoms. The van der Waals surface area contributed by atoms with Crippen LogP contribution in [0.15, 0.2) is 30.3 Å². The van der Waals surface area contributed by atoms with Crippen molar-refractivity contribution in [2.24, 2.45) is 17.6 Å². The van der Waals surface area contributed by atoms with Gasteiger partial charge in [-0.1, -0.05) is 43.7 Å². The molecule has 0 aromatic heterocycles. The van der Waals surface area contributed by atoms with Crippen molar-refractivity contribution in [3.8, 4) is 0 Å². The zero-order valence-electron chi connectivity index (χ0n) is 28.5. The lowest BCUT2D eigenvalue weighted by Gasteiger charge is -2.43. The minimum Gasteiger partial charge on any atom is -0.386 e. The van der Waals surface area contributed by atoms with E-state index in [9.17, 15) is 24.3 Å². The van der Waals surface area contributed by atoms with Gasteiger partial charge in [0.1, 0.15) is 0 Å². The van der Waals surface area contributed by atoms with Crippen LogP contribution in [-0.2, 0) is 28.7 Å². The number of benzene rings is 1. The molecule has 12 nitrogen and oxygen atoms in total. The second-order valence-electron chi connectivity index (χ2n) is 13.5. The summed E-state index contributed by atoms with van der Waals surface area (Å²) in [6.45, 7) is 7.01. The Morgan fingerprint density at radius 2 is 1.72 bits per heavy atom. The number of carbonyl (C=O) groups excluding carboxylic acids is 4. The number of nitrogens with zero attached hydrogens (tertiary/aromatic N) is 2. The molecular formula is C34H55N5O7. The van der Waals surface area contributed by atoms with Gasteiger partial charge in [0, 0.05) is 27.8 Å². The van der Waals surface area contributed by atoms with E-state index in [1.165, 1.54) is 0 Å². The maximum atomic E-state index is 13.9. The molecule has 1 saturated heterocycles. The Bertz CT molecular complexity index is 1170. The van der Waals surface area contributed by atoms with Gasteiger partial charge in [0.25, 0.3) is 0 Å². The van der Waals surface area contributed by atoms with E-state index in [0.29, 0.717) is 18.5 Å². The number of amides is 4. The summed E-state index contributed by atoms with van der Waals surface area (Å²) in [4.78, 5) is 56.1. The van der Waals surface area contributed by atoms with Gasteiger partial charge in [-0.25, -0.2) is 0 Å². The van der Waals surface area contributed by atoms with Crippen LogP contribution < -0.4 is 16.4 Å². The third-order valence-corrected chi connectivity index (χ3v) is 9.68. The summed E-state index contributed by atoms with van der Waals surface area (Å²) in [6.07, 6.45) is 2.40. The van der Waals surface area contributed by atoms with Gasteiger partial charge < -0.3 is 40.7 Å². The minimum absolute atomic E-state index is 0.0608. The molecule has 4 amide bonds. The Hall–Kier alpha value is -3.06. The van der Waals surface area contributed by atoms with E-state index in [2.05, 4.69) is 10.6 Å². The molecule has 1 saturated carbocycles. The Kier molecular flexibility index (Phi) is 13.6. The first kappa shape index (κ1) is 37.4. The number of likely N-dealkylation sites (N-methyl/N-ethyl adjacent to an activating group) is 1. The fourth-order valence-electron chi connectivity index (χ4n) is 6.62. The molecule has 1 aromatic carbocycles. The van der Waals surface area contributed by atoms with Gasteiger partial charge in [0.2, 0.25) is 23.6 Å². The molecule has 0 radical (unpaired) electrons. The number of rotatable bonds is 16. The van der Waals surface area contributed by atoms with Gasteiger partial charge in [-0.05, 0) is 57.9 Å².